The number of aryl methyl sites for hydroxylation is 2. The van der Waals surface area contributed by atoms with E-state index in [1.54, 1.807) is 12.1 Å². The Hall–Kier alpha value is -1.85. The average Bonchev–Trinajstić information content (AvgIpc) is 2.47. The van der Waals surface area contributed by atoms with E-state index in [1.807, 2.05) is 32.0 Å². The van der Waals surface area contributed by atoms with Crippen LogP contribution in [-0.4, -0.2) is 26.4 Å². The van der Waals surface area contributed by atoms with Gasteiger partial charge in [0.15, 0.2) is 9.84 Å². The van der Waals surface area contributed by atoms with Gasteiger partial charge in [0.25, 0.3) is 0 Å². The Labute approximate surface area is 131 Å². The van der Waals surface area contributed by atoms with Gasteiger partial charge in [0, 0.05) is 6.26 Å². The molecule has 0 spiro atoms. The maximum Gasteiger partial charge on any atom is 0.175 e. The van der Waals surface area contributed by atoms with Crippen LogP contribution in [0.1, 0.15) is 22.8 Å². The number of rotatable bonds is 5. The quantitative estimate of drug-likeness (QED) is 0.920. The van der Waals surface area contributed by atoms with Crippen molar-refractivity contribution in [1.82, 2.24) is 0 Å². The molecule has 0 aliphatic heterocycles. The second-order valence-corrected chi connectivity index (χ2v) is 7.45. The molecule has 1 atom stereocenters. The first-order valence-electron chi connectivity index (χ1n) is 6.95. The molecule has 0 amide bonds. The topological polar surface area (TPSA) is 63.6 Å². The van der Waals surface area contributed by atoms with E-state index in [2.05, 4.69) is 0 Å². The van der Waals surface area contributed by atoms with Gasteiger partial charge in [-0.25, -0.2) is 8.42 Å². The van der Waals surface area contributed by atoms with Crippen LogP contribution in [0.2, 0.25) is 0 Å². The lowest BCUT2D eigenvalue weighted by Crippen LogP contribution is -2.11. The first-order chi connectivity index (χ1) is 10.3. The molecule has 0 radical (unpaired) electrons. The van der Waals surface area contributed by atoms with Crippen molar-refractivity contribution in [2.45, 2.75) is 24.8 Å². The van der Waals surface area contributed by atoms with Crippen molar-refractivity contribution in [2.75, 3.05) is 12.9 Å². The molecular weight excluding hydrogens is 300 g/mol. The molecule has 2 aromatic rings. The fourth-order valence-corrected chi connectivity index (χ4v) is 2.83. The average molecular weight is 320 g/mol. The molecule has 0 aliphatic carbocycles. The lowest BCUT2D eigenvalue weighted by Gasteiger charge is -2.16. The van der Waals surface area contributed by atoms with E-state index >= 15 is 0 Å². The largest absolute Gasteiger partial charge is 0.490 e. The van der Waals surface area contributed by atoms with Gasteiger partial charge in [-0.05, 0) is 43.2 Å². The molecule has 118 valence electrons. The Morgan fingerprint density at radius 2 is 1.86 bits per heavy atom. The molecule has 4 nitrogen and oxygen atoms in total. The third-order valence-electron chi connectivity index (χ3n) is 3.44. The lowest BCUT2D eigenvalue weighted by molar-refractivity contribution is 0.107. The van der Waals surface area contributed by atoms with Crippen molar-refractivity contribution in [1.29, 1.82) is 0 Å². The van der Waals surface area contributed by atoms with E-state index in [4.69, 9.17) is 4.74 Å². The van der Waals surface area contributed by atoms with Crippen LogP contribution in [0.5, 0.6) is 5.75 Å². The second-order valence-electron chi connectivity index (χ2n) is 5.43. The summed E-state index contributed by atoms with van der Waals surface area (Å²) in [5, 5.41) is 10.3. The monoisotopic (exact) mass is 320 g/mol. The van der Waals surface area contributed by atoms with Crippen LogP contribution in [0.3, 0.4) is 0 Å². The van der Waals surface area contributed by atoms with Gasteiger partial charge in [-0.2, -0.15) is 0 Å². The van der Waals surface area contributed by atoms with Crippen molar-refractivity contribution in [3.05, 3.63) is 59.2 Å². The standard InChI is InChI=1S/C17H20O4S/c1-12-7-8-13(2)16(9-12)17(18)11-21-14-5-4-6-15(10-14)22(3,19)20/h4-10,17-18H,11H2,1-3H3/t17-/m0/s1. The lowest BCUT2D eigenvalue weighted by atomic mass is 10.0. The van der Waals surface area contributed by atoms with Crippen LogP contribution in [0.15, 0.2) is 47.4 Å². The summed E-state index contributed by atoms with van der Waals surface area (Å²) in [7, 11) is -3.27. The van der Waals surface area contributed by atoms with Crippen molar-refractivity contribution < 1.29 is 18.3 Å². The van der Waals surface area contributed by atoms with Crippen LogP contribution in [0.4, 0.5) is 0 Å². The Kier molecular flexibility index (Phi) is 4.88. The number of ether oxygens (including phenoxy) is 1. The molecule has 0 saturated heterocycles. The molecule has 2 rings (SSSR count). The zero-order valence-electron chi connectivity index (χ0n) is 12.9. The zero-order valence-corrected chi connectivity index (χ0v) is 13.7. The number of hydrogen-bond acceptors (Lipinski definition) is 4. The van der Waals surface area contributed by atoms with Crippen molar-refractivity contribution >= 4 is 9.84 Å². The van der Waals surface area contributed by atoms with Crippen LogP contribution in [0.25, 0.3) is 0 Å². The molecule has 0 heterocycles. The highest BCUT2D eigenvalue weighted by Gasteiger charge is 2.13. The molecule has 0 fully saturated rings. The van der Waals surface area contributed by atoms with E-state index in [9.17, 15) is 13.5 Å². The fourth-order valence-electron chi connectivity index (χ4n) is 2.18. The molecule has 5 heteroatoms. The number of hydrogen-bond donors (Lipinski definition) is 1. The highest BCUT2D eigenvalue weighted by molar-refractivity contribution is 7.90. The van der Waals surface area contributed by atoms with E-state index in [0.29, 0.717) is 5.75 Å². The molecule has 0 saturated carbocycles. The summed E-state index contributed by atoms with van der Waals surface area (Å²) in [6.45, 7) is 3.96. The minimum atomic E-state index is -3.27. The van der Waals surface area contributed by atoms with Gasteiger partial charge in [0.1, 0.15) is 18.5 Å². The summed E-state index contributed by atoms with van der Waals surface area (Å²) in [6, 6.07) is 12.1. The molecule has 0 unspecified atom stereocenters. The van der Waals surface area contributed by atoms with Crippen LogP contribution in [0, 0.1) is 13.8 Å². The summed E-state index contributed by atoms with van der Waals surface area (Å²) in [5.41, 5.74) is 2.88. The molecule has 0 aliphatic rings. The highest BCUT2D eigenvalue weighted by Crippen LogP contribution is 2.22. The summed E-state index contributed by atoms with van der Waals surface area (Å²) in [6.07, 6.45) is 0.388. The van der Waals surface area contributed by atoms with Crippen molar-refractivity contribution in [3.8, 4) is 5.75 Å². The summed E-state index contributed by atoms with van der Waals surface area (Å²) in [5.74, 6) is 0.423. The summed E-state index contributed by atoms with van der Waals surface area (Å²) < 4.78 is 28.6. The summed E-state index contributed by atoms with van der Waals surface area (Å²) in [4.78, 5) is 0.200. The van der Waals surface area contributed by atoms with Crippen LogP contribution >= 0.6 is 0 Å². The fraction of sp³-hybridized carbons (Fsp3) is 0.294. The third-order valence-corrected chi connectivity index (χ3v) is 4.55. The maximum absolute atomic E-state index is 11.5. The van der Waals surface area contributed by atoms with E-state index in [1.165, 1.54) is 12.1 Å². The zero-order chi connectivity index (χ0) is 16.3. The predicted octanol–water partition coefficient (Wildman–Crippen LogP) is 2.82. The summed E-state index contributed by atoms with van der Waals surface area (Å²) >= 11 is 0. The Balaban J connectivity index is 2.11. The Morgan fingerprint density at radius 1 is 1.14 bits per heavy atom. The van der Waals surface area contributed by atoms with Gasteiger partial charge in [-0.3, -0.25) is 0 Å². The van der Waals surface area contributed by atoms with E-state index in [0.717, 1.165) is 22.9 Å². The minimum Gasteiger partial charge on any atom is -0.490 e. The van der Waals surface area contributed by atoms with Gasteiger partial charge in [-0.15, -0.1) is 0 Å². The van der Waals surface area contributed by atoms with E-state index in [-0.39, 0.29) is 11.5 Å². The SMILES string of the molecule is Cc1ccc(C)c([C@@H](O)COc2cccc(S(C)(=O)=O)c2)c1. The maximum atomic E-state index is 11.5. The smallest absolute Gasteiger partial charge is 0.175 e. The minimum absolute atomic E-state index is 0.0670. The molecule has 2 aromatic carbocycles. The number of sulfone groups is 1. The van der Waals surface area contributed by atoms with Gasteiger partial charge in [0.2, 0.25) is 0 Å². The van der Waals surface area contributed by atoms with Gasteiger partial charge >= 0.3 is 0 Å². The molecular formula is C17H20O4S. The Bertz CT molecular complexity index is 766. The van der Waals surface area contributed by atoms with Crippen molar-refractivity contribution in [2.24, 2.45) is 0 Å². The molecule has 0 bridgehead atoms. The highest BCUT2D eigenvalue weighted by atomic mass is 32.2. The second kappa shape index (κ2) is 6.50. The van der Waals surface area contributed by atoms with Crippen LogP contribution in [-0.2, 0) is 9.84 Å². The first-order valence-corrected chi connectivity index (χ1v) is 8.84. The van der Waals surface area contributed by atoms with Crippen LogP contribution < -0.4 is 4.74 Å². The first kappa shape index (κ1) is 16.5. The Morgan fingerprint density at radius 3 is 2.55 bits per heavy atom. The molecule has 22 heavy (non-hydrogen) atoms. The number of benzene rings is 2. The van der Waals surface area contributed by atoms with E-state index < -0.39 is 15.9 Å². The number of aliphatic hydroxyl groups is 1. The molecule has 0 aromatic heterocycles. The predicted molar refractivity (Wildman–Crippen MR) is 85.9 cm³/mol. The van der Waals surface area contributed by atoms with Crippen molar-refractivity contribution in [3.63, 3.8) is 0 Å². The number of aliphatic hydroxyl groups excluding tert-OH is 1. The third kappa shape index (κ3) is 4.08. The van der Waals surface area contributed by atoms with Gasteiger partial charge < -0.3 is 9.84 Å². The van der Waals surface area contributed by atoms with Gasteiger partial charge in [0.05, 0.1) is 4.90 Å². The normalized spacial score (nSPS) is 12.9. The molecule has 1 N–H and O–H groups in total. The van der Waals surface area contributed by atoms with Gasteiger partial charge in [-0.1, -0.05) is 29.8 Å².